The van der Waals surface area contributed by atoms with E-state index < -0.39 is 10.8 Å². The van der Waals surface area contributed by atoms with Crippen LogP contribution in [0.15, 0.2) is 265 Å². The molecule has 0 unspecified atom stereocenters. The predicted molar refractivity (Wildman–Crippen MR) is 299 cm³/mol. The molecule has 0 fully saturated rings. The van der Waals surface area contributed by atoms with Crippen LogP contribution in [0.1, 0.15) is 44.5 Å². The third kappa shape index (κ3) is 5.44. The van der Waals surface area contributed by atoms with Crippen molar-refractivity contribution in [3.63, 3.8) is 0 Å². The van der Waals surface area contributed by atoms with Crippen LogP contribution < -0.4 is 0 Å². The number of pyridine rings is 1. The first-order valence-electron chi connectivity index (χ1n) is 25.3. The third-order valence-corrected chi connectivity index (χ3v) is 16.6. The van der Waals surface area contributed by atoms with Crippen molar-refractivity contribution in [3.8, 4) is 67.0 Å². The van der Waals surface area contributed by atoms with E-state index in [9.17, 15) is 0 Å². The quantitative estimate of drug-likeness (QED) is 0.176. The zero-order valence-electron chi connectivity index (χ0n) is 39.7. The maximum absolute atomic E-state index is 6.72. The van der Waals surface area contributed by atoms with Gasteiger partial charge in [-0.25, -0.2) is 4.98 Å². The molecule has 0 amide bonds. The third-order valence-electron chi connectivity index (χ3n) is 16.6. The molecule has 16 rings (SSSR count). The molecule has 2 heterocycles. The normalized spacial score (nSPS) is 14.0. The van der Waals surface area contributed by atoms with Gasteiger partial charge in [0.1, 0.15) is 11.2 Å². The van der Waals surface area contributed by atoms with E-state index in [-0.39, 0.29) is 0 Å². The highest BCUT2D eigenvalue weighted by molar-refractivity contribution is 6.09. The molecule has 2 nitrogen and oxygen atoms in total. The zero-order valence-corrected chi connectivity index (χ0v) is 39.7. The Morgan fingerprint density at radius 3 is 1.44 bits per heavy atom. The molecule has 338 valence electrons. The van der Waals surface area contributed by atoms with E-state index in [0.29, 0.717) is 0 Å². The fourth-order valence-electron chi connectivity index (χ4n) is 13.6. The molecular weight excluding hydrogens is 883 g/mol. The van der Waals surface area contributed by atoms with Crippen LogP contribution in [0.3, 0.4) is 0 Å². The highest BCUT2D eigenvalue weighted by Gasteiger charge is 2.59. The average molecular weight is 926 g/mol. The van der Waals surface area contributed by atoms with E-state index in [1.807, 2.05) is 0 Å². The molecule has 2 aromatic heterocycles. The molecule has 73 heavy (non-hydrogen) atoms. The van der Waals surface area contributed by atoms with Crippen molar-refractivity contribution in [2.75, 3.05) is 0 Å². The number of furan rings is 1. The molecule has 11 aromatic carbocycles. The Kier molecular flexibility index (Phi) is 8.34. The monoisotopic (exact) mass is 925 g/mol. The molecule has 0 bridgehead atoms. The van der Waals surface area contributed by atoms with Gasteiger partial charge >= 0.3 is 0 Å². The Hall–Kier alpha value is -9.37. The second-order valence-corrected chi connectivity index (χ2v) is 20.0. The molecule has 0 saturated carbocycles. The summed E-state index contributed by atoms with van der Waals surface area (Å²) in [5, 5.41) is 4.67. The zero-order chi connectivity index (χ0) is 47.8. The van der Waals surface area contributed by atoms with Crippen LogP contribution in [0.5, 0.6) is 0 Å². The SMILES string of the molecule is c1ccc(-c2cc(-c3ccc(-c4ccc5c(c4)-c4cc6oc7ccccc7c6cc4C54c5ccccc5C5(c6ccccc6-c6ccccc65)c5ccccc54)cc3)cc(-c3cccc4ccccc34)n2)cc1. The maximum atomic E-state index is 6.72. The van der Waals surface area contributed by atoms with Crippen molar-refractivity contribution < 1.29 is 4.42 Å². The number of hydrogen-bond donors (Lipinski definition) is 0. The molecule has 2 spiro atoms. The van der Waals surface area contributed by atoms with E-state index >= 15 is 0 Å². The van der Waals surface area contributed by atoms with E-state index in [2.05, 4.69) is 261 Å². The molecule has 0 saturated heterocycles. The highest BCUT2D eigenvalue weighted by Crippen LogP contribution is 2.68. The molecule has 3 aliphatic rings. The van der Waals surface area contributed by atoms with E-state index in [1.165, 1.54) is 83.1 Å². The molecule has 0 aliphatic heterocycles. The topological polar surface area (TPSA) is 26.0 Å². The lowest BCUT2D eigenvalue weighted by Crippen LogP contribution is -2.43. The van der Waals surface area contributed by atoms with Crippen molar-refractivity contribution in [1.82, 2.24) is 4.98 Å². The van der Waals surface area contributed by atoms with Crippen LogP contribution in [0.25, 0.3) is 99.7 Å². The van der Waals surface area contributed by atoms with Gasteiger partial charge in [0.2, 0.25) is 0 Å². The summed E-state index contributed by atoms with van der Waals surface area (Å²) in [6.45, 7) is 0. The molecule has 2 heteroatoms. The number of fused-ring (bicyclic) bond motifs is 20. The van der Waals surface area contributed by atoms with Crippen molar-refractivity contribution in [1.29, 1.82) is 0 Å². The minimum Gasteiger partial charge on any atom is -0.456 e. The summed E-state index contributed by atoms with van der Waals surface area (Å²) in [5.41, 5.74) is 25.0. The molecule has 0 radical (unpaired) electrons. The number of benzene rings is 11. The van der Waals surface area contributed by atoms with Crippen molar-refractivity contribution in [3.05, 3.63) is 305 Å². The Morgan fingerprint density at radius 2 is 0.740 bits per heavy atom. The smallest absolute Gasteiger partial charge is 0.136 e. The molecular formula is C71H43NO. The van der Waals surface area contributed by atoms with Crippen molar-refractivity contribution in [2.45, 2.75) is 10.8 Å². The lowest BCUT2D eigenvalue weighted by Gasteiger charge is -2.48. The largest absolute Gasteiger partial charge is 0.456 e. The minimum absolute atomic E-state index is 0.505. The lowest BCUT2D eigenvalue weighted by molar-refractivity contribution is 0.633. The summed E-state index contributed by atoms with van der Waals surface area (Å²) in [7, 11) is 0. The van der Waals surface area contributed by atoms with Gasteiger partial charge in [0, 0.05) is 21.9 Å². The van der Waals surface area contributed by atoms with Gasteiger partial charge in [0.15, 0.2) is 0 Å². The summed E-state index contributed by atoms with van der Waals surface area (Å²) in [5.74, 6) is 0. The van der Waals surface area contributed by atoms with Crippen molar-refractivity contribution in [2.24, 2.45) is 0 Å². The first kappa shape index (κ1) is 40.4. The van der Waals surface area contributed by atoms with Gasteiger partial charge in [-0.2, -0.15) is 0 Å². The van der Waals surface area contributed by atoms with Crippen LogP contribution in [0, 0.1) is 0 Å². The Balaban J connectivity index is 0.901. The Bertz CT molecular complexity index is 4340. The average Bonchev–Trinajstić information content (AvgIpc) is 4.20. The van der Waals surface area contributed by atoms with Crippen LogP contribution in [0.4, 0.5) is 0 Å². The van der Waals surface area contributed by atoms with E-state index in [0.717, 1.165) is 61.1 Å². The fraction of sp³-hybridized carbons (Fsp3) is 0.0282. The molecule has 13 aromatic rings. The Labute approximate surface area is 423 Å². The second kappa shape index (κ2) is 15.1. The summed E-state index contributed by atoms with van der Waals surface area (Å²) >= 11 is 0. The number of para-hydroxylation sites is 1. The van der Waals surface area contributed by atoms with E-state index in [4.69, 9.17) is 9.40 Å². The van der Waals surface area contributed by atoms with Crippen molar-refractivity contribution >= 4 is 32.7 Å². The summed E-state index contributed by atoms with van der Waals surface area (Å²) in [6, 6.07) is 96.6. The standard InChI is InChI=1S/C71H43NO/c1-2-18-47(19-3-1)66-40-49(41-67(72-66)53-25-16-20-46-17-4-5-21-50(46)53)45-35-33-44(34-36-45)48-37-38-60-55(39-48)56-43-69-57(54-24-8-15-32-68(54)73-69)42-65(56)71(60)63-30-13-11-28-61(63)70(62-29-12-14-31-64(62)71)58-26-9-6-22-51(58)52-23-7-10-27-59(52)70/h1-43H. The van der Waals surface area contributed by atoms with Crippen LogP contribution in [-0.2, 0) is 10.8 Å². The van der Waals surface area contributed by atoms with Gasteiger partial charge in [0.25, 0.3) is 0 Å². The van der Waals surface area contributed by atoms with Gasteiger partial charge in [-0.15, -0.1) is 0 Å². The predicted octanol–water partition coefficient (Wildman–Crippen LogP) is 17.8. The Morgan fingerprint density at radius 1 is 0.247 bits per heavy atom. The molecule has 3 aliphatic carbocycles. The molecule has 0 N–H and O–H groups in total. The van der Waals surface area contributed by atoms with Gasteiger partial charge in [-0.3, -0.25) is 0 Å². The first-order valence-corrected chi connectivity index (χ1v) is 25.3. The number of rotatable bonds is 4. The van der Waals surface area contributed by atoms with Gasteiger partial charge in [-0.05, 0) is 136 Å². The lowest BCUT2D eigenvalue weighted by atomic mass is 9.52. The van der Waals surface area contributed by atoms with Crippen LogP contribution >= 0.6 is 0 Å². The number of aromatic nitrogens is 1. The summed E-state index contributed by atoms with van der Waals surface area (Å²) in [6.07, 6.45) is 0. The van der Waals surface area contributed by atoms with E-state index in [1.54, 1.807) is 0 Å². The van der Waals surface area contributed by atoms with Gasteiger partial charge < -0.3 is 4.42 Å². The summed E-state index contributed by atoms with van der Waals surface area (Å²) in [4.78, 5) is 5.30. The number of nitrogens with zero attached hydrogens (tertiary/aromatic N) is 1. The maximum Gasteiger partial charge on any atom is 0.136 e. The van der Waals surface area contributed by atoms with Crippen LogP contribution in [-0.4, -0.2) is 4.98 Å². The first-order chi connectivity index (χ1) is 36.2. The van der Waals surface area contributed by atoms with Gasteiger partial charge in [0.05, 0.1) is 22.2 Å². The summed E-state index contributed by atoms with van der Waals surface area (Å²) < 4.78 is 6.72. The van der Waals surface area contributed by atoms with Crippen LogP contribution in [0.2, 0.25) is 0 Å². The number of hydrogen-bond acceptors (Lipinski definition) is 2. The molecule has 0 atom stereocenters. The van der Waals surface area contributed by atoms with Gasteiger partial charge in [-0.1, -0.05) is 224 Å². The minimum atomic E-state index is -0.621. The fourth-order valence-corrected chi connectivity index (χ4v) is 13.6. The second-order valence-electron chi connectivity index (χ2n) is 20.0. The highest BCUT2D eigenvalue weighted by atomic mass is 16.3.